The summed E-state index contributed by atoms with van der Waals surface area (Å²) in [4.78, 5) is 4.18. The van der Waals surface area contributed by atoms with Gasteiger partial charge in [0, 0.05) is 11.4 Å². The fourth-order valence-corrected chi connectivity index (χ4v) is 2.59. The highest BCUT2D eigenvalue weighted by Crippen LogP contribution is 2.16. The lowest BCUT2D eigenvalue weighted by Gasteiger charge is -2.08. The standard InChI is InChI=1S/C17H22N4O4S/c1-24-15-7-3-13(4-8-15)20-17(18)19-11-12-25-16-9-5-14(6-10-16)21-26(2,22)23/h3-10,21H,11-12H2,1-2H3,(H3,18,19,20). The van der Waals surface area contributed by atoms with Crippen molar-refractivity contribution >= 4 is 27.4 Å². The van der Waals surface area contributed by atoms with Gasteiger partial charge in [0.2, 0.25) is 10.0 Å². The third-order valence-electron chi connectivity index (χ3n) is 3.16. The Morgan fingerprint density at radius 1 is 1.04 bits per heavy atom. The number of hydrogen-bond donors (Lipinski definition) is 3. The molecule has 140 valence electrons. The quantitative estimate of drug-likeness (QED) is 0.367. The van der Waals surface area contributed by atoms with Crippen molar-refractivity contribution in [2.45, 2.75) is 0 Å². The molecule has 0 saturated heterocycles. The van der Waals surface area contributed by atoms with Gasteiger partial charge >= 0.3 is 0 Å². The summed E-state index contributed by atoms with van der Waals surface area (Å²) < 4.78 is 35.3. The molecule has 2 rings (SSSR count). The van der Waals surface area contributed by atoms with Gasteiger partial charge in [-0.1, -0.05) is 0 Å². The van der Waals surface area contributed by atoms with Crippen LogP contribution in [0.4, 0.5) is 11.4 Å². The van der Waals surface area contributed by atoms with Crippen molar-refractivity contribution in [3.8, 4) is 11.5 Å². The Labute approximate surface area is 153 Å². The largest absolute Gasteiger partial charge is 0.497 e. The van der Waals surface area contributed by atoms with E-state index in [-0.39, 0.29) is 5.96 Å². The van der Waals surface area contributed by atoms with E-state index in [1.165, 1.54) is 0 Å². The number of guanidine groups is 1. The first-order valence-electron chi connectivity index (χ1n) is 7.77. The molecule has 2 aromatic rings. The summed E-state index contributed by atoms with van der Waals surface area (Å²) in [5, 5.41) is 2.97. The minimum absolute atomic E-state index is 0.284. The van der Waals surface area contributed by atoms with Crippen LogP contribution in [0, 0.1) is 0 Å². The summed E-state index contributed by atoms with van der Waals surface area (Å²) >= 11 is 0. The third-order valence-corrected chi connectivity index (χ3v) is 3.77. The number of nitrogens with two attached hydrogens (primary N) is 1. The molecule has 0 fully saturated rings. The molecule has 2 aromatic carbocycles. The molecule has 0 aliphatic carbocycles. The van der Waals surface area contributed by atoms with E-state index in [4.69, 9.17) is 15.2 Å². The number of sulfonamides is 1. The molecule has 4 N–H and O–H groups in total. The molecule has 0 heterocycles. The maximum atomic E-state index is 11.1. The maximum absolute atomic E-state index is 11.1. The Balaban J connectivity index is 1.77. The van der Waals surface area contributed by atoms with Crippen LogP contribution in [-0.4, -0.2) is 40.9 Å². The molecule has 8 nitrogen and oxygen atoms in total. The molecule has 0 atom stereocenters. The summed E-state index contributed by atoms with van der Waals surface area (Å²) in [6.07, 6.45) is 1.10. The highest BCUT2D eigenvalue weighted by Gasteiger charge is 2.02. The number of nitrogens with one attached hydrogen (secondary N) is 2. The fraction of sp³-hybridized carbons (Fsp3) is 0.235. The Morgan fingerprint density at radius 3 is 2.19 bits per heavy atom. The van der Waals surface area contributed by atoms with E-state index in [9.17, 15) is 8.42 Å². The zero-order valence-electron chi connectivity index (χ0n) is 14.6. The maximum Gasteiger partial charge on any atom is 0.229 e. The van der Waals surface area contributed by atoms with Gasteiger partial charge in [-0.3, -0.25) is 4.72 Å². The summed E-state index contributed by atoms with van der Waals surface area (Å²) in [7, 11) is -1.68. The molecule has 9 heteroatoms. The molecule has 0 saturated carbocycles. The molecular formula is C17H22N4O4S. The second-order valence-corrected chi connectivity index (χ2v) is 7.12. The molecule has 0 radical (unpaired) electrons. The van der Waals surface area contributed by atoms with Gasteiger partial charge in [-0.15, -0.1) is 0 Å². The van der Waals surface area contributed by atoms with Gasteiger partial charge in [0.15, 0.2) is 5.96 Å². The van der Waals surface area contributed by atoms with E-state index in [1.807, 2.05) is 24.3 Å². The molecule has 0 spiro atoms. The molecule has 26 heavy (non-hydrogen) atoms. The van der Waals surface area contributed by atoms with Gasteiger partial charge in [0.05, 0.1) is 19.9 Å². The monoisotopic (exact) mass is 378 g/mol. The topological polar surface area (TPSA) is 115 Å². The molecule has 0 aliphatic heterocycles. The number of aliphatic imine (C=N–C) groups is 1. The normalized spacial score (nSPS) is 11.7. The fourth-order valence-electron chi connectivity index (χ4n) is 2.02. The lowest BCUT2D eigenvalue weighted by atomic mass is 10.3. The van der Waals surface area contributed by atoms with Crippen molar-refractivity contribution in [3.05, 3.63) is 48.5 Å². The average Bonchev–Trinajstić information content (AvgIpc) is 2.59. The Bertz CT molecular complexity index is 834. The second-order valence-electron chi connectivity index (χ2n) is 5.37. The van der Waals surface area contributed by atoms with Crippen LogP contribution >= 0.6 is 0 Å². The van der Waals surface area contributed by atoms with Crippen molar-refractivity contribution < 1.29 is 17.9 Å². The van der Waals surface area contributed by atoms with Gasteiger partial charge in [-0.25, -0.2) is 13.4 Å². The van der Waals surface area contributed by atoms with Gasteiger partial charge in [-0.2, -0.15) is 0 Å². The van der Waals surface area contributed by atoms with Gasteiger partial charge in [0.25, 0.3) is 0 Å². The number of benzene rings is 2. The van der Waals surface area contributed by atoms with Gasteiger partial charge in [0.1, 0.15) is 18.1 Å². The number of methoxy groups -OCH3 is 1. The Morgan fingerprint density at radius 2 is 1.62 bits per heavy atom. The third kappa shape index (κ3) is 6.89. The zero-order valence-corrected chi connectivity index (χ0v) is 15.4. The average molecular weight is 378 g/mol. The van der Waals surface area contributed by atoms with Crippen LogP contribution in [0.5, 0.6) is 11.5 Å². The van der Waals surface area contributed by atoms with Crippen LogP contribution < -0.4 is 25.2 Å². The second kappa shape index (κ2) is 8.95. The number of anilines is 2. The summed E-state index contributed by atoms with van der Waals surface area (Å²) in [6.45, 7) is 0.710. The number of hydrogen-bond acceptors (Lipinski definition) is 5. The van der Waals surface area contributed by atoms with Crippen molar-refractivity contribution in [2.75, 3.05) is 36.6 Å². The van der Waals surface area contributed by atoms with Crippen LogP contribution in [0.3, 0.4) is 0 Å². The van der Waals surface area contributed by atoms with Gasteiger partial charge in [-0.05, 0) is 48.5 Å². The van der Waals surface area contributed by atoms with Crippen LogP contribution in [0.25, 0.3) is 0 Å². The van der Waals surface area contributed by atoms with E-state index >= 15 is 0 Å². The van der Waals surface area contributed by atoms with E-state index in [2.05, 4.69) is 15.0 Å². The van der Waals surface area contributed by atoms with Crippen LogP contribution in [-0.2, 0) is 10.0 Å². The minimum atomic E-state index is -3.29. The summed E-state index contributed by atoms with van der Waals surface area (Å²) in [5.74, 6) is 1.66. The summed E-state index contributed by atoms with van der Waals surface area (Å²) in [6, 6.07) is 13.9. The van der Waals surface area contributed by atoms with E-state index in [1.54, 1.807) is 31.4 Å². The first kappa shape index (κ1) is 19.4. The van der Waals surface area contributed by atoms with Crippen molar-refractivity contribution in [1.82, 2.24) is 0 Å². The van der Waals surface area contributed by atoms with Crippen LogP contribution in [0.1, 0.15) is 0 Å². The first-order chi connectivity index (χ1) is 12.4. The number of nitrogens with zero attached hydrogens (tertiary/aromatic N) is 1. The Hall–Kier alpha value is -2.94. The summed E-state index contributed by atoms with van der Waals surface area (Å²) in [5.41, 5.74) is 7.11. The predicted octanol–water partition coefficient (Wildman–Crippen LogP) is 1.87. The van der Waals surface area contributed by atoms with Crippen molar-refractivity contribution in [1.29, 1.82) is 0 Å². The molecule has 0 bridgehead atoms. The van der Waals surface area contributed by atoms with Crippen molar-refractivity contribution in [2.24, 2.45) is 10.7 Å². The highest BCUT2D eigenvalue weighted by atomic mass is 32.2. The molecule has 0 amide bonds. The minimum Gasteiger partial charge on any atom is -0.497 e. The molecule has 0 aliphatic rings. The van der Waals surface area contributed by atoms with Crippen molar-refractivity contribution in [3.63, 3.8) is 0 Å². The van der Waals surface area contributed by atoms with E-state index in [0.29, 0.717) is 24.6 Å². The number of rotatable bonds is 8. The lowest BCUT2D eigenvalue weighted by molar-refractivity contribution is 0.329. The predicted molar refractivity (Wildman–Crippen MR) is 104 cm³/mol. The zero-order chi connectivity index (χ0) is 19.0. The highest BCUT2D eigenvalue weighted by molar-refractivity contribution is 7.92. The van der Waals surface area contributed by atoms with Gasteiger partial charge < -0.3 is 20.5 Å². The SMILES string of the molecule is COc1ccc(NC(N)=NCCOc2ccc(NS(C)(=O)=O)cc2)cc1. The smallest absolute Gasteiger partial charge is 0.229 e. The molecule has 0 unspecified atom stereocenters. The van der Waals surface area contributed by atoms with Crippen LogP contribution in [0.2, 0.25) is 0 Å². The van der Waals surface area contributed by atoms with E-state index < -0.39 is 10.0 Å². The van der Waals surface area contributed by atoms with Crippen LogP contribution in [0.15, 0.2) is 53.5 Å². The lowest BCUT2D eigenvalue weighted by Crippen LogP contribution is -2.23. The number of ether oxygens (including phenoxy) is 2. The first-order valence-corrected chi connectivity index (χ1v) is 9.66. The molecular weight excluding hydrogens is 356 g/mol. The van der Waals surface area contributed by atoms with E-state index in [0.717, 1.165) is 17.7 Å². The Kier molecular flexibility index (Phi) is 6.67. The molecule has 0 aromatic heterocycles.